The van der Waals surface area contributed by atoms with E-state index >= 15 is 0 Å². The molecule has 0 spiro atoms. The van der Waals surface area contributed by atoms with Crippen LogP contribution in [-0.2, 0) is 0 Å². The molecular formula is C17H12BrClO3. The minimum atomic E-state index is -0.534. The van der Waals surface area contributed by atoms with Crippen LogP contribution in [0.3, 0.4) is 0 Å². The SMILES string of the molecule is Cc1cc(OC(=O)c2cc3cc(Br)ccc3o2)cc(C)c1Cl. The van der Waals surface area contributed by atoms with E-state index in [-0.39, 0.29) is 5.76 Å². The van der Waals surface area contributed by atoms with Crippen LogP contribution in [0.2, 0.25) is 5.02 Å². The number of carbonyl (C=O) groups excluding carboxylic acids is 1. The van der Waals surface area contributed by atoms with Crippen molar-refractivity contribution >= 4 is 44.5 Å². The van der Waals surface area contributed by atoms with Gasteiger partial charge in [0.1, 0.15) is 11.3 Å². The zero-order valence-corrected chi connectivity index (χ0v) is 14.3. The van der Waals surface area contributed by atoms with Crippen molar-refractivity contribution < 1.29 is 13.9 Å². The molecule has 22 heavy (non-hydrogen) atoms. The molecule has 0 unspecified atom stereocenters. The van der Waals surface area contributed by atoms with Crippen molar-refractivity contribution in [3.63, 3.8) is 0 Å². The first-order valence-electron chi connectivity index (χ1n) is 6.62. The lowest BCUT2D eigenvalue weighted by Gasteiger charge is -2.07. The van der Waals surface area contributed by atoms with Gasteiger partial charge < -0.3 is 9.15 Å². The number of fused-ring (bicyclic) bond motifs is 1. The summed E-state index contributed by atoms with van der Waals surface area (Å²) in [4.78, 5) is 12.2. The van der Waals surface area contributed by atoms with E-state index in [1.54, 1.807) is 24.3 Å². The summed E-state index contributed by atoms with van der Waals surface area (Å²) in [5, 5.41) is 1.51. The molecule has 112 valence electrons. The van der Waals surface area contributed by atoms with Crippen molar-refractivity contribution in [3.8, 4) is 5.75 Å². The standard InChI is InChI=1S/C17H12BrClO3/c1-9-5-13(6-10(2)16(9)19)21-17(20)15-8-11-7-12(18)3-4-14(11)22-15/h3-8H,1-2H3. The van der Waals surface area contributed by atoms with Gasteiger partial charge in [-0.2, -0.15) is 0 Å². The number of carbonyl (C=O) groups is 1. The minimum absolute atomic E-state index is 0.165. The first-order valence-corrected chi connectivity index (χ1v) is 7.79. The minimum Gasteiger partial charge on any atom is -0.449 e. The number of furan rings is 1. The summed E-state index contributed by atoms with van der Waals surface area (Å²) < 4.78 is 11.8. The van der Waals surface area contributed by atoms with Gasteiger partial charge in [0.05, 0.1) is 0 Å². The number of hydrogen-bond donors (Lipinski definition) is 0. The summed E-state index contributed by atoms with van der Waals surface area (Å²) in [5.41, 5.74) is 2.36. The van der Waals surface area contributed by atoms with Crippen LogP contribution < -0.4 is 4.74 Å². The molecule has 0 amide bonds. The molecule has 0 saturated carbocycles. The van der Waals surface area contributed by atoms with E-state index < -0.39 is 5.97 Å². The maximum Gasteiger partial charge on any atom is 0.379 e. The van der Waals surface area contributed by atoms with Gasteiger partial charge in [0.25, 0.3) is 0 Å². The third-order valence-electron chi connectivity index (χ3n) is 3.30. The summed E-state index contributed by atoms with van der Waals surface area (Å²) >= 11 is 9.49. The van der Waals surface area contributed by atoms with Gasteiger partial charge in [-0.05, 0) is 61.4 Å². The van der Waals surface area contributed by atoms with Crippen molar-refractivity contribution in [2.24, 2.45) is 0 Å². The lowest BCUT2D eigenvalue weighted by Crippen LogP contribution is -2.07. The topological polar surface area (TPSA) is 39.4 Å². The van der Waals surface area contributed by atoms with Crippen LogP contribution >= 0.6 is 27.5 Å². The Hall–Kier alpha value is -1.78. The van der Waals surface area contributed by atoms with Gasteiger partial charge in [-0.3, -0.25) is 0 Å². The monoisotopic (exact) mass is 378 g/mol. The Morgan fingerprint density at radius 3 is 2.50 bits per heavy atom. The van der Waals surface area contributed by atoms with E-state index in [2.05, 4.69) is 15.9 Å². The molecule has 0 atom stereocenters. The average Bonchev–Trinajstić information content (AvgIpc) is 2.87. The van der Waals surface area contributed by atoms with Crippen LogP contribution in [0.15, 0.2) is 45.3 Å². The van der Waals surface area contributed by atoms with Crippen LogP contribution in [0.25, 0.3) is 11.0 Å². The smallest absolute Gasteiger partial charge is 0.379 e. The van der Waals surface area contributed by atoms with Gasteiger partial charge in [0.2, 0.25) is 5.76 Å². The average molecular weight is 380 g/mol. The highest BCUT2D eigenvalue weighted by Gasteiger charge is 2.16. The lowest BCUT2D eigenvalue weighted by molar-refractivity contribution is 0.0704. The second-order valence-electron chi connectivity index (χ2n) is 5.05. The number of ether oxygens (including phenoxy) is 1. The van der Waals surface area contributed by atoms with Gasteiger partial charge in [0.15, 0.2) is 0 Å². The van der Waals surface area contributed by atoms with E-state index in [0.717, 1.165) is 21.0 Å². The van der Waals surface area contributed by atoms with Gasteiger partial charge in [0, 0.05) is 14.9 Å². The fraction of sp³-hybridized carbons (Fsp3) is 0.118. The van der Waals surface area contributed by atoms with E-state index in [1.807, 2.05) is 26.0 Å². The second-order valence-corrected chi connectivity index (χ2v) is 6.35. The summed E-state index contributed by atoms with van der Waals surface area (Å²) in [7, 11) is 0. The Morgan fingerprint density at radius 2 is 1.82 bits per heavy atom. The Labute approximate surface area is 141 Å². The number of aryl methyl sites for hydroxylation is 2. The third kappa shape index (κ3) is 2.89. The van der Waals surface area contributed by atoms with Gasteiger partial charge in [-0.15, -0.1) is 0 Å². The molecule has 5 heteroatoms. The van der Waals surface area contributed by atoms with Crippen molar-refractivity contribution in [2.45, 2.75) is 13.8 Å². The molecule has 0 radical (unpaired) electrons. The maximum absolute atomic E-state index is 12.2. The first kappa shape index (κ1) is 15.1. The molecule has 0 aliphatic rings. The first-order chi connectivity index (χ1) is 10.4. The molecule has 0 N–H and O–H groups in total. The quantitative estimate of drug-likeness (QED) is 0.424. The van der Waals surface area contributed by atoms with Crippen LogP contribution in [0.1, 0.15) is 21.7 Å². The van der Waals surface area contributed by atoms with E-state index in [9.17, 15) is 4.79 Å². The van der Waals surface area contributed by atoms with E-state index in [1.165, 1.54) is 0 Å². The molecular weight excluding hydrogens is 368 g/mol. The summed E-state index contributed by atoms with van der Waals surface area (Å²) in [6.07, 6.45) is 0. The van der Waals surface area contributed by atoms with Gasteiger partial charge in [-0.1, -0.05) is 27.5 Å². The predicted molar refractivity (Wildman–Crippen MR) is 89.8 cm³/mol. The summed E-state index contributed by atoms with van der Waals surface area (Å²) in [5.74, 6) is 0.0813. The number of hydrogen-bond acceptors (Lipinski definition) is 3. The van der Waals surface area contributed by atoms with Crippen LogP contribution in [0.4, 0.5) is 0 Å². The number of esters is 1. The fourth-order valence-corrected chi connectivity index (χ4v) is 2.73. The van der Waals surface area contributed by atoms with Gasteiger partial charge in [-0.25, -0.2) is 4.79 Å². The van der Waals surface area contributed by atoms with Crippen molar-refractivity contribution in [2.75, 3.05) is 0 Å². The number of halogens is 2. The third-order valence-corrected chi connectivity index (χ3v) is 4.39. The molecule has 0 saturated heterocycles. The van der Waals surface area contributed by atoms with E-state index in [4.69, 9.17) is 20.8 Å². The second kappa shape index (κ2) is 5.78. The molecule has 2 aromatic carbocycles. The highest BCUT2D eigenvalue weighted by atomic mass is 79.9. The highest BCUT2D eigenvalue weighted by Crippen LogP contribution is 2.28. The predicted octanol–water partition coefficient (Wildman–Crippen LogP) is 5.68. The molecule has 0 bridgehead atoms. The molecule has 3 nitrogen and oxygen atoms in total. The summed E-state index contributed by atoms with van der Waals surface area (Å²) in [6, 6.07) is 10.7. The maximum atomic E-state index is 12.2. The van der Waals surface area contributed by atoms with Gasteiger partial charge >= 0.3 is 5.97 Å². The number of benzene rings is 2. The molecule has 0 fully saturated rings. The fourth-order valence-electron chi connectivity index (χ4n) is 2.24. The summed E-state index contributed by atoms with van der Waals surface area (Å²) in [6.45, 7) is 3.73. The zero-order chi connectivity index (χ0) is 15.9. The Balaban J connectivity index is 1.90. The molecule has 1 aromatic heterocycles. The Bertz CT molecular complexity index is 860. The van der Waals surface area contributed by atoms with E-state index in [0.29, 0.717) is 16.4 Å². The zero-order valence-electron chi connectivity index (χ0n) is 11.9. The van der Waals surface area contributed by atoms with Crippen LogP contribution in [-0.4, -0.2) is 5.97 Å². The highest BCUT2D eigenvalue weighted by molar-refractivity contribution is 9.10. The Kier molecular flexibility index (Phi) is 3.98. The molecule has 0 aliphatic carbocycles. The molecule has 3 rings (SSSR count). The largest absolute Gasteiger partial charge is 0.449 e. The van der Waals surface area contributed by atoms with Crippen LogP contribution in [0.5, 0.6) is 5.75 Å². The lowest BCUT2D eigenvalue weighted by atomic mass is 10.1. The van der Waals surface area contributed by atoms with Crippen molar-refractivity contribution in [1.29, 1.82) is 0 Å². The Morgan fingerprint density at radius 1 is 1.14 bits per heavy atom. The molecule has 3 aromatic rings. The van der Waals surface area contributed by atoms with Crippen LogP contribution in [0, 0.1) is 13.8 Å². The molecule has 1 heterocycles. The van der Waals surface area contributed by atoms with Crippen molar-refractivity contribution in [3.05, 3.63) is 62.8 Å². The number of rotatable bonds is 2. The van der Waals surface area contributed by atoms with Crippen molar-refractivity contribution in [1.82, 2.24) is 0 Å². The molecule has 0 aliphatic heterocycles. The normalized spacial score (nSPS) is 10.9.